The quantitative estimate of drug-likeness (QED) is 0.669. The van der Waals surface area contributed by atoms with Crippen molar-refractivity contribution in [2.24, 2.45) is 0 Å². The van der Waals surface area contributed by atoms with E-state index in [-0.39, 0.29) is 11.2 Å². The normalized spacial score (nSPS) is 28.8. The zero-order chi connectivity index (χ0) is 8.97. The molecule has 1 rings (SSSR count). The van der Waals surface area contributed by atoms with E-state index in [0.717, 1.165) is 12.2 Å². The average Bonchev–Trinajstić information content (AvgIpc) is 2.47. The maximum Gasteiger partial charge on any atom is 0.321 e. The highest BCUT2D eigenvalue weighted by Gasteiger charge is 2.33. The minimum Gasteiger partial charge on any atom is -0.465 e. The summed E-state index contributed by atoms with van der Waals surface area (Å²) in [7, 11) is 0. The van der Waals surface area contributed by atoms with Gasteiger partial charge in [-0.1, -0.05) is 6.92 Å². The lowest BCUT2D eigenvalue weighted by molar-refractivity contribution is -0.144. The summed E-state index contributed by atoms with van der Waals surface area (Å²) in [5.41, 5.74) is 0. The number of carbonyl (C=O) groups excluding carboxylic acids is 1. The molecule has 3 nitrogen and oxygen atoms in total. The number of thioether (sulfide) groups is 1. The second-order valence-corrected chi connectivity index (χ2v) is 4.06. The van der Waals surface area contributed by atoms with Crippen molar-refractivity contribution in [3.05, 3.63) is 0 Å². The molecule has 0 aromatic heterocycles. The molecule has 12 heavy (non-hydrogen) atoms. The van der Waals surface area contributed by atoms with Gasteiger partial charge in [0.2, 0.25) is 0 Å². The van der Waals surface area contributed by atoms with Crippen LogP contribution >= 0.6 is 11.8 Å². The van der Waals surface area contributed by atoms with Crippen molar-refractivity contribution in [2.45, 2.75) is 31.1 Å². The summed E-state index contributed by atoms with van der Waals surface area (Å²) in [6, 6.07) is 0. The van der Waals surface area contributed by atoms with Crippen LogP contribution in [-0.4, -0.2) is 34.8 Å². The Bertz CT molecular complexity index is 160. The van der Waals surface area contributed by atoms with Crippen molar-refractivity contribution in [1.82, 2.24) is 0 Å². The third-order valence-electron chi connectivity index (χ3n) is 1.74. The Labute approximate surface area is 76.5 Å². The Morgan fingerprint density at radius 2 is 2.50 bits per heavy atom. The van der Waals surface area contributed by atoms with Crippen LogP contribution in [0.5, 0.6) is 0 Å². The van der Waals surface area contributed by atoms with E-state index in [4.69, 9.17) is 4.74 Å². The van der Waals surface area contributed by atoms with Gasteiger partial charge in [-0.3, -0.25) is 4.79 Å². The summed E-state index contributed by atoms with van der Waals surface area (Å²) in [4.78, 5) is 11.2. The highest BCUT2D eigenvalue weighted by atomic mass is 32.2. The van der Waals surface area contributed by atoms with E-state index in [1.165, 1.54) is 11.8 Å². The number of aliphatic hydroxyl groups excluding tert-OH is 1. The summed E-state index contributed by atoms with van der Waals surface area (Å²) in [6.45, 7) is 2.41. The van der Waals surface area contributed by atoms with Gasteiger partial charge in [-0.2, -0.15) is 0 Å². The molecule has 0 amide bonds. The molecule has 4 heteroatoms. The Kier molecular flexibility index (Phi) is 3.88. The van der Waals surface area contributed by atoms with E-state index in [1.54, 1.807) is 0 Å². The highest BCUT2D eigenvalue weighted by molar-refractivity contribution is 8.00. The number of ether oxygens (including phenoxy) is 1. The summed E-state index contributed by atoms with van der Waals surface area (Å²) < 4.78 is 4.93. The van der Waals surface area contributed by atoms with Gasteiger partial charge in [0.05, 0.1) is 12.7 Å². The van der Waals surface area contributed by atoms with Crippen molar-refractivity contribution in [1.29, 1.82) is 0 Å². The standard InChI is InChI=1S/C8H14O3S/c1-2-4-11-8(10)7-6(9)3-5-12-7/h6-7,9H,2-5H2,1H3. The molecule has 0 spiro atoms. The fraction of sp³-hybridized carbons (Fsp3) is 0.875. The molecule has 0 aromatic rings. The van der Waals surface area contributed by atoms with Crippen LogP contribution in [0.4, 0.5) is 0 Å². The monoisotopic (exact) mass is 190 g/mol. The van der Waals surface area contributed by atoms with Gasteiger partial charge < -0.3 is 9.84 Å². The molecule has 2 unspecified atom stereocenters. The van der Waals surface area contributed by atoms with Gasteiger partial charge in [-0.25, -0.2) is 0 Å². The van der Waals surface area contributed by atoms with Gasteiger partial charge in [0, 0.05) is 0 Å². The largest absolute Gasteiger partial charge is 0.465 e. The SMILES string of the molecule is CCCOC(=O)C1SCCC1O. The fourth-order valence-corrected chi connectivity index (χ4v) is 2.28. The van der Waals surface area contributed by atoms with Crippen molar-refractivity contribution in [3.63, 3.8) is 0 Å². The highest BCUT2D eigenvalue weighted by Crippen LogP contribution is 2.27. The number of hydrogen-bond donors (Lipinski definition) is 1. The van der Waals surface area contributed by atoms with Crippen LogP contribution in [0.1, 0.15) is 19.8 Å². The number of aliphatic hydroxyl groups is 1. The summed E-state index contributed by atoms with van der Waals surface area (Å²) >= 11 is 1.48. The Hall–Kier alpha value is -0.220. The fourth-order valence-electron chi connectivity index (χ4n) is 1.09. The molecule has 0 aromatic carbocycles. The number of hydrogen-bond acceptors (Lipinski definition) is 4. The van der Waals surface area contributed by atoms with Gasteiger partial charge in [-0.15, -0.1) is 11.8 Å². The Morgan fingerprint density at radius 3 is 3.00 bits per heavy atom. The molecule has 0 radical (unpaired) electrons. The second-order valence-electron chi connectivity index (χ2n) is 2.81. The molecule has 70 valence electrons. The lowest BCUT2D eigenvalue weighted by Crippen LogP contribution is -2.28. The molecule has 0 bridgehead atoms. The number of carbonyl (C=O) groups is 1. The van der Waals surface area contributed by atoms with Crippen molar-refractivity contribution < 1.29 is 14.6 Å². The molecule has 0 aliphatic carbocycles. The molecule has 1 fully saturated rings. The molecular formula is C8H14O3S. The van der Waals surface area contributed by atoms with E-state index in [9.17, 15) is 9.90 Å². The first kappa shape index (κ1) is 9.86. The maximum atomic E-state index is 11.2. The van der Waals surface area contributed by atoms with E-state index >= 15 is 0 Å². The van der Waals surface area contributed by atoms with Crippen molar-refractivity contribution in [2.75, 3.05) is 12.4 Å². The summed E-state index contributed by atoms with van der Waals surface area (Å²) in [5, 5.41) is 9.00. The molecule has 0 saturated carbocycles. The zero-order valence-electron chi connectivity index (χ0n) is 7.16. The number of esters is 1. The van der Waals surface area contributed by atoms with Crippen LogP contribution in [0.25, 0.3) is 0 Å². The predicted octanol–water partition coefficient (Wildman–Crippen LogP) is 0.806. The molecule has 1 heterocycles. The third kappa shape index (κ3) is 2.38. The molecule has 2 atom stereocenters. The second kappa shape index (κ2) is 4.72. The molecule has 1 saturated heterocycles. The minimum absolute atomic E-state index is 0.258. The van der Waals surface area contributed by atoms with Gasteiger partial charge in [0.1, 0.15) is 5.25 Å². The smallest absolute Gasteiger partial charge is 0.321 e. The topological polar surface area (TPSA) is 46.5 Å². The first-order valence-electron chi connectivity index (χ1n) is 4.22. The lowest BCUT2D eigenvalue weighted by atomic mass is 10.2. The van der Waals surface area contributed by atoms with E-state index in [0.29, 0.717) is 13.0 Å². The lowest BCUT2D eigenvalue weighted by Gasteiger charge is -2.11. The van der Waals surface area contributed by atoms with Crippen molar-refractivity contribution >= 4 is 17.7 Å². The Morgan fingerprint density at radius 1 is 1.75 bits per heavy atom. The molecule has 1 aliphatic rings. The van der Waals surface area contributed by atoms with Gasteiger partial charge in [-0.05, 0) is 18.6 Å². The van der Waals surface area contributed by atoms with Crippen LogP contribution in [0.15, 0.2) is 0 Å². The van der Waals surface area contributed by atoms with Gasteiger partial charge >= 0.3 is 5.97 Å². The molecular weight excluding hydrogens is 176 g/mol. The summed E-state index contributed by atoms with van der Waals surface area (Å²) in [5.74, 6) is 0.597. The molecule has 1 N–H and O–H groups in total. The first-order valence-corrected chi connectivity index (χ1v) is 5.27. The van der Waals surface area contributed by atoms with Crippen molar-refractivity contribution in [3.8, 4) is 0 Å². The van der Waals surface area contributed by atoms with E-state index in [1.807, 2.05) is 6.92 Å². The summed E-state index contributed by atoms with van der Waals surface area (Å²) in [6.07, 6.45) is 1.04. The van der Waals surface area contributed by atoms with E-state index in [2.05, 4.69) is 0 Å². The Balaban J connectivity index is 2.30. The third-order valence-corrected chi connectivity index (χ3v) is 3.08. The van der Waals surface area contributed by atoms with Crippen LogP contribution in [0.2, 0.25) is 0 Å². The van der Waals surface area contributed by atoms with Gasteiger partial charge in [0.15, 0.2) is 0 Å². The van der Waals surface area contributed by atoms with Crippen LogP contribution in [0.3, 0.4) is 0 Å². The number of rotatable bonds is 3. The van der Waals surface area contributed by atoms with Crippen LogP contribution in [0, 0.1) is 0 Å². The average molecular weight is 190 g/mol. The van der Waals surface area contributed by atoms with E-state index < -0.39 is 6.10 Å². The van der Waals surface area contributed by atoms with Crippen LogP contribution in [-0.2, 0) is 9.53 Å². The van der Waals surface area contributed by atoms with Crippen LogP contribution < -0.4 is 0 Å². The maximum absolute atomic E-state index is 11.2. The minimum atomic E-state index is -0.501. The molecule has 1 aliphatic heterocycles. The predicted molar refractivity (Wildman–Crippen MR) is 48.1 cm³/mol. The first-order chi connectivity index (χ1) is 5.75. The zero-order valence-corrected chi connectivity index (χ0v) is 7.97. The van der Waals surface area contributed by atoms with Gasteiger partial charge in [0.25, 0.3) is 0 Å².